The van der Waals surface area contributed by atoms with Crippen molar-refractivity contribution in [3.05, 3.63) is 49.1 Å². The van der Waals surface area contributed by atoms with Crippen molar-refractivity contribution in [3.8, 4) is 11.6 Å². The molecule has 2 saturated heterocycles. The zero-order valence-corrected chi connectivity index (χ0v) is 18.7. The summed E-state index contributed by atoms with van der Waals surface area (Å²) in [6.07, 6.45) is 4.73. The number of ether oxygens (including phenoxy) is 1. The van der Waals surface area contributed by atoms with Crippen LogP contribution in [0.25, 0.3) is 5.82 Å². The SMILES string of the molecule is COc1ccccc1N1CCN(C(=O)C2CCN(c3ccc(-n4cncn4)nn3)CC2)CC1. The maximum atomic E-state index is 13.2. The summed E-state index contributed by atoms with van der Waals surface area (Å²) >= 11 is 0. The van der Waals surface area contributed by atoms with Crippen LogP contribution in [0, 0.1) is 5.92 Å². The van der Waals surface area contributed by atoms with Gasteiger partial charge in [-0.05, 0) is 37.1 Å². The quantitative estimate of drug-likeness (QED) is 0.582. The molecule has 0 atom stereocenters. The number of piperidine rings is 1. The van der Waals surface area contributed by atoms with Gasteiger partial charge >= 0.3 is 0 Å². The number of para-hydroxylation sites is 2. The predicted octanol–water partition coefficient (Wildman–Crippen LogP) is 1.63. The first-order valence-corrected chi connectivity index (χ1v) is 11.3. The van der Waals surface area contributed by atoms with Crippen LogP contribution in [0.4, 0.5) is 11.5 Å². The van der Waals surface area contributed by atoms with Gasteiger partial charge in [-0.2, -0.15) is 5.10 Å². The number of piperazine rings is 1. The summed E-state index contributed by atoms with van der Waals surface area (Å²) < 4.78 is 7.08. The Bertz CT molecular complexity index is 1060. The lowest BCUT2D eigenvalue weighted by Crippen LogP contribution is -2.51. The third-order valence-corrected chi connectivity index (χ3v) is 6.48. The number of carbonyl (C=O) groups excluding carboxylic acids is 1. The highest BCUT2D eigenvalue weighted by Gasteiger charge is 2.31. The van der Waals surface area contributed by atoms with Crippen molar-refractivity contribution in [2.24, 2.45) is 5.92 Å². The first kappa shape index (κ1) is 21.2. The first-order valence-electron chi connectivity index (χ1n) is 11.3. The molecule has 10 heteroatoms. The number of anilines is 2. The van der Waals surface area contributed by atoms with Gasteiger partial charge in [-0.25, -0.2) is 9.67 Å². The van der Waals surface area contributed by atoms with E-state index >= 15 is 0 Å². The van der Waals surface area contributed by atoms with Crippen molar-refractivity contribution in [2.45, 2.75) is 12.8 Å². The van der Waals surface area contributed by atoms with Crippen LogP contribution >= 0.6 is 0 Å². The molecule has 1 amide bonds. The van der Waals surface area contributed by atoms with Gasteiger partial charge in [-0.15, -0.1) is 10.2 Å². The molecule has 3 aromatic rings. The van der Waals surface area contributed by atoms with Gasteiger partial charge in [-0.3, -0.25) is 4.79 Å². The minimum Gasteiger partial charge on any atom is -0.495 e. The molecule has 0 radical (unpaired) electrons. The number of methoxy groups -OCH3 is 1. The van der Waals surface area contributed by atoms with E-state index in [9.17, 15) is 4.79 Å². The molecule has 0 spiro atoms. The fourth-order valence-electron chi connectivity index (χ4n) is 4.61. The Hall–Kier alpha value is -3.69. The minimum absolute atomic E-state index is 0.0708. The van der Waals surface area contributed by atoms with Crippen LogP contribution in [0.15, 0.2) is 49.1 Å². The fourth-order valence-corrected chi connectivity index (χ4v) is 4.61. The maximum Gasteiger partial charge on any atom is 0.225 e. The van der Waals surface area contributed by atoms with Gasteiger partial charge in [0.05, 0.1) is 12.8 Å². The maximum absolute atomic E-state index is 13.2. The fraction of sp³-hybridized carbons (Fsp3) is 0.435. The largest absolute Gasteiger partial charge is 0.495 e. The van der Waals surface area contributed by atoms with Crippen molar-refractivity contribution in [1.82, 2.24) is 29.9 Å². The van der Waals surface area contributed by atoms with Gasteiger partial charge in [0, 0.05) is 45.2 Å². The Morgan fingerprint density at radius 1 is 0.909 bits per heavy atom. The van der Waals surface area contributed by atoms with Crippen LogP contribution in [0.3, 0.4) is 0 Å². The molecule has 2 aromatic heterocycles. The van der Waals surface area contributed by atoms with E-state index in [4.69, 9.17) is 4.74 Å². The van der Waals surface area contributed by atoms with Crippen LogP contribution < -0.4 is 14.5 Å². The zero-order chi connectivity index (χ0) is 22.6. The number of amides is 1. The highest BCUT2D eigenvalue weighted by Crippen LogP contribution is 2.29. The second kappa shape index (κ2) is 9.43. The zero-order valence-electron chi connectivity index (χ0n) is 18.7. The molecular weight excluding hydrogens is 420 g/mol. The molecule has 33 heavy (non-hydrogen) atoms. The standard InChI is InChI=1S/C23H28N8O2/c1-33-20-5-3-2-4-19(20)28-12-14-30(15-13-28)23(32)18-8-10-29(11-9-18)21-6-7-22(27-26-21)31-17-24-16-25-31/h2-7,16-18H,8-15H2,1H3. The molecule has 0 N–H and O–H groups in total. The normalized spacial score (nSPS) is 17.3. The molecule has 10 nitrogen and oxygen atoms in total. The van der Waals surface area contributed by atoms with Crippen molar-refractivity contribution in [2.75, 3.05) is 56.2 Å². The first-order chi connectivity index (χ1) is 16.2. The number of aromatic nitrogens is 5. The molecule has 4 heterocycles. The van der Waals surface area contributed by atoms with Gasteiger partial charge in [-0.1, -0.05) is 12.1 Å². The Morgan fingerprint density at radius 3 is 2.30 bits per heavy atom. The lowest BCUT2D eigenvalue weighted by Gasteiger charge is -2.39. The number of benzene rings is 1. The van der Waals surface area contributed by atoms with E-state index in [2.05, 4.69) is 36.1 Å². The van der Waals surface area contributed by atoms with Gasteiger partial charge in [0.1, 0.15) is 18.4 Å². The predicted molar refractivity (Wildman–Crippen MR) is 124 cm³/mol. The third kappa shape index (κ3) is 4.46. The van der Waals surface area contributed by atoms with Crippen LogP contribution in [-0.4, -0.2) is 82.1 Å². The van der Waals surface area contributed by atoms with E-state index < -0.39 is 0 Å². The van der Waals surface area contributed by atoms with E-state index in [1.54, 1.807) is 18.1 Å². The van der Waals surface area contributed by atoms with Gasteiger partial charge < -0.3 is 19.4 Å². The van der Waals surface area contributed by atoms with Crippen LogP contribution in [0.5, 0.6) is 5.75 Å². The summed E-state index contributed by atoms with van der Waals surface area (Å²) in [5.41, 5.74) is 1.09. The van der Waals surface area contributed by atoms with E-state index in [0.717, 1.165) is 69.4 Å². The van der Waals surface area contributed by atoms with Crippen LogP contribution in [0.1, 0.15) is 12.8 Å². The molecule has 0 unspecified atom stereocenters. The average Bonchev–Trinajstić information content (AvgIpc) is 3.44. The molecule has 0 bridgehead atoms. The summed E-state index contributed by atoms with van der Waals surface area (Å²) in [5.74, 6) is 2.69. The number of nitrogens with zero attached hydrogens (tertiary/aromatic N) is 8. The molecule has 2 fully saturated rings. The van der Waals surface area contributed by atoms with E-state index in [0.29, 0.717) is 5.82 Å². The molecule has 5 rings (SSSR count). The van der Waals surface area contributed by atoms with E-state index in [1.807, 2.05) is 35.2 Å². The molecular formula is C23H28N8O2. The molecule has 2 aliphatic rings. The topological polar surface area (TPSA) is 92.5 Å². The summed E-state index contributed by atoms with van der Waals surface area (Å²) in [6.45, 7) is 4.72. The highest BCUT2D eigenvalue weighted by molar-refractivity contribution is 5.79. The lowest BCUT2D eigenvalue weighted by molar-refractivity contribution is -0.136. The van der Waals surface area contributed by atoms with Gasteiger partial charge in [0.15, 0.2) is 11.6 Å². The average molecular weight is 449 g/mol. The van der Waals surface area contributed by atoms with Crippen molar-refractivity contribution >= 4 is 17.4 Å². The van der Waals surface area contributed by atoms with E-state index in [-0.39, 0.29) is 11.8 Å². The Balaban J connectivity index is 1.13. The smallest absolute Gasteiger partial charge is 0.225 e. The van der Waals surface area contributed by atoms with E-state index in [1.165, 1.54) is 6.33 Å². The summed E-state index contributed by atoms with van der Waals surface area (Å²) in [4.78, 5) is 23.6. The molecule has 1 aromatic carbocycles. The highest BCUT2D eigenvalue weighted by atomic mass is 16.5. The summed E-state index contributed by atoms with van der Waals surface area (Å²) in [5, 5.41) is 12.7. The monoisotopic (exact) mass is 448 g/mol. The third-order valence-electron chi connectivity index (χ3n) is 6.48. The van der Waals surface area contributed by atoms with Crippen LogP contribution in [-0.2, 0) is 4.79 Å². The van der Waals surface area contributed by atoms with Crippen molar-refractivity contribution < 1.29 is 9.53 Å². The minimum atomic E-state index is 0.0708. The Kier molecular flexibility index (Phi) is 6.05. The summed E-state index contributed by atoms with van der Waals surface area (Å²) in [6, 6.07) is 11.9. The number of rotatable bonds is 5. The van der Waals surface area contributed by atoms with Crippen molar-refractivity contribution in [3.63, 3.8) is 0 Å². The lowest BCUT2D eigenvalue weighted by atomic mass is 9.95. The number of carbonyl (C=O) groups is 1. The van der Waals surface area contributed by atoms with Crippen LogP contribution in [0.2, 0.25) is 0 Å². The van der Waals surface area contributed by atoms with Crippen molar-refractivity contribution in [1.29, 1.82) is 0 Å². The number of hydrogen-bond donors (Lipinski definition) is 0. The van der Waals surface area contributed by atoms with Gasteiger partial charge in [0.2, 0.25) is 5.91 Å². The molecule has 0 saturated carbocycles. The molecule has 172 valence electrons. The Morgan fingerprint density at radius 2 is 1.64 bits per heavy atom. The Labute approximate surface area is 192 Å². The second-order valence-electron chi connectivity index (χ2n) is 8.34. The second-order valence-corrected chi connectivity index (χ2v) is 8.34. The van der Waals surface area contributed by atoms with Gasteiger partial charge in [0.25, 0.3) is 0 Å². The molecule has 2 aliphatic heterocycles. The molecule has 0 aliphatic carbocycles. The number of hydrogen-bond acceptors (Lipinski definition) is 8. The summed E-state index contributed by atoms with van der Waals surface area (Å²) in [7, 11) is 1.70.